The summed E-state index contributed by atoms with van der Waals surface area (Å²) < 4.78 is 10.8. The molecule has 0 aliphatic carbocycles. The first-order valence-corrected chi connectivity index (χ1v) is 9.69. The molecular formula is C20H27BrO5. The molecule has 0 fully saturated rings. The van der Waals surface area contributed by atoms with E-state index in [0.29, 0.717) is 5.92 Å². The van der Waals surface area contributed by atoms with E-state index in [2.05, 4.69) is 29.8 Å². The van der Waals surface area contributed by atoms with Crippen molar-refractivity contribution in [1.29, 1.82) is 0 Å². The lowest BCUT2D eigenvalue weighted by atomic mass is 9.87. The van der Waals surface area contributed by atoms with Crippen molar-refractivity contribution in [2.75, 3.05) is 13.2 Å². The standard InChI is InChI=1S/C20H27BrO5/c1-5-25-19(23)11-16(10-18(22)12-20(24)26-6-2)15-7-14(13(3)4)8-17(21)9-15/h7-9,13,16H,5-6,10-12H2,1-4H3. The quantitative estimate of drug-likeness (QED) is 0.406. The molecule has 0 saturated heterocycles. The number of halogens is 1. The van der Waals surface area contributed by atoms with Crippen molar-refractivity contribution >= 4 is 33.7 Å². The van der Waals surface area contributed by atoms with Crippen molar-refractivity contribution in [2.24, 2.45) is 0 Å². The van der Waals surface area contributed by atoms with E-state index in [9.17, 15) is 14.4 Å². The number of carbonyl (C=O) groups is 3. The van der Waals surface area contributed by atoms with E-state index in [-0.39, 0.29) is 50.1 Å². The fourth-order valence-corrected chi connectivity index (χ4v) is 3.18. The van der Waals surface area contributed by atoms with Crippen LogP contribution in [-0.4, -0.2) is 30.9 Å². The zero-order chi connectivity index (χ0) is 19.7. The summed E-state index contributed by atoms with van der Waals surface area (Å²) in [6, 6.07) is 5.94. The molecule has 6 heteroatoms. The van der Waals surface area contributed by atoms with Crippen molar-refractivity contribution in [2.45, 2.75) is 58.8 Å². The number of esters is 2. The van der Waals surface area contributed by atoms with Crippen LogP contribution in [0.1, 0.15) is 69.9 Å². The van der Waals surface area contributed by atoms with Crippen LogP contribution in [0.25, 0.3) is 0 Å². The Morgan fingerprint density at radius 3 is 2.08 bits per heavy atom. The van der Waals surface area contributed by atoms with Gasteiger partial charge < -0.3 is 9.47 Å². The zero-order valence-electron chi connectivity index (χ0n) is 15.8. The smallest absolute Gasteiger partial charge is 0.313 e. The topological polar surface area (TPSA) is 69.7 Å². The Kier molecular flexibility index (Phi) is 9.55. The second-order valence-electron chi connectivity index (χ2n) is 6.40. The first kappa shape index (κ1) is 22.4. The molecule has 26 heavy (non-hydrogen) atoms. The highest BCUT2D eigenvalue weighted by atomic mass is 79.9. The van der Waals surface area contributed by atoms with E-state index in [4.69, 9.17) is 9.47 Å². The van der Waals surface area contributed by atoms with Gasteiger partial charge in [0.15, 0.2) is 0 Å². The summed E-state index contributed by atoms with van der Waals surface area (Å²) in [4.78, 5) is 35.8. The van der Waals surface area contributed by atoms with Crippen LogP contribution in [0.15, 0.2) is 22.7 Å². The van der Waals surface area contributed by atoms with Gasteiger partial charge in [0.2, 0.25) is 0 Å². The Balaban J connectivity index is 3.03. The lowest BCUT2D eigenvalue weighted by Crippen LogP contribution is -2.17. The molecule has 0 aliphatic heterocycles. The Hall–Kier alpha value is -1.69. The maximum Gasteiger partial charge on any atom is 0.313 e. The van der Waals surface area contributed by atoms with Crippen molar-refractivity contribution < 1.29 is 23.9 Å². The van der Waals surface area contributed by atoms with Gasteiger partial charge in [0, 0.05) is 16.8 Å². The van der Waals surface area contributed by atoms with Crippen molar-refractivity contribution in [1.82, 2.24) is 0 Å². The second-order valence-corrected chi connectivity index (χ2v) is 7.32. The molecule has 1 atom stereocenters. The summed E-state index contributed by atoms with van der Waals surface area (Å²) in [6.45, 7) is 8.13. The van der Waals surface area contributed by atoms with Gasteiger partial charge in [-0.1, -0.05) is 35.8 Å². The third kappa shape index (κ3) is 7.68. The van der Waals surface area contributed by atoms with Crippen LogP contribution in [0.4, 0.5) is 0 Å². The molecule has 0 radical (unpaired) electrons. The van der Waals surface area contributed by atoms with Gasteiger partial charge in [-0.15, -0.1) is 0 Å². The molecule has 0 spiro atoms. The number of hydrogen-bond acceptors (Lipinski definition) is 5. The molecule has 1 rings (SSSR count). The van der Waals surface area contributed by atoms with E-state index in [0.717, 1.165) is 15.6 Å². The third-order valence-corrected chi connectivity index (χ3v) is 4.38. The highest BCUT2D eigenvalue weighted by molar-refractivity contribution is 9.10. The van der Waals surface area contributed by atoms with Crippen molar-refractivity contribution in [3.63, 3.8) is 0 Å². The average Bonchev–Trinajstić information content (AvgIpc) is 2.53. The number of carbonyl (C=O) groups excluding carboxylic acids is 3. The average molecular weight is 427 g/mol. The van der Waals surface area contributed by atoms with Crippen LogP contribution in [0.2, 0.25) is 0 Å². The van der Waals surface area contributed by atoms with Crippen LogP contribution >= 0.6 is 15.9 Å². The van der Waals surface area contributed by atoms with Crippen LogP contribution in [0.3, 0.4) is 0 Å². The lowest BCUT2D eigenvalue weighted by molar-refractivity contribution is -0.145. The fourth-order valence-electron chi connectivity index (χ4n) is 2.65. The van der Waals surface area contributed by atoms with Crippen LogP contribution in [0, 0.1) is 0 Å². The minimum Gasteiger partial charge on any atom is -0.466 e. The number of Topliss-reactive ketones (excluding diaryl/α,β-unsaturated/α-hetero) is 1. The highest BCUT2D eigenvalue weighted by Gasteiger charge is 2.23. The Morgan fingerprint density at radius 2 is 1.50 bits per heavy atom. The van der Waals surface area contributed by atoms with E-state index in [1.165, 1.54) is 0 Å². The molecule has 0 heterocycles. The van der Waals surface area contributed by atoms with E-state index >= 15 is 0 Å². The molecule has 1 aromatic rings. The van der Waals surface area contributed by atoms with Gasteiger partial charge in [-0.25, -0.2) is 0 Å². The Labute approximate surface area is 163 Å². The molecular weight excluding hydrogens is 400 g/mol. The Morgan fingerprint density at radius 1 is 0.923 bits per heavy atom. The number of ether oxygens (including phenoxy) is 2. The second kappa shape index (κ2) is 11.1. The zero-order valence-corrected chi connectivity index (χ0v) is 17.4. The minimum atomic E-state index is -0.538. The molecule has 0 amide bonds. The van der Waals surface area contributed by atoms with Gasteiger partial charge in [-0.3, -0.25) is 14.4 Å². The minimum absolute atomic E-state index is 0.0889. The predicted molar refractivity (Wildman–Crippen MR) is 103 cm³/mol. The van der Waals surface area contributed by atoms with E-state index < -0.39 is 5.97 Å². The van der Waals surface area contributed by atoms with Crippen LogP contribution in [-0.2, 0) is 23.9 Å². The molecule has 0 aliphatic rings. The monoisotopic (exact) mass is 426 g/mol. The highest BCUT2D eigenvalue weighted by Crippen LogP contribution is 2.31. The summed E-state index contributed by atoms with van der Waals surface area (Å²) in [5.74, 6) is -1.17. The number of hydrogen-bond donors (Lipinski definition) is 0. The SMILES string of the molecule is CCOC(=O)CC(=O)CC(CC(=O)OCC)c1cc(Br)cc(C(C)C)c1. The molecule has 144 valence electrons. The largest absolute Gasteiger partial charge is 0.466 e. The number of rotatable bonds is 10. The Bertz CT molecular complexity index is 639. The first-order chi connectivity index (χ1) is 12.3. The lowest BCUT2D eigenvalue weighted by Gasteiger charge is -2.18. The maximum absolute atomic E-state index is 12.3. The summed E-state index contributed by atoms with van der Waals surface area (Å²) >= 11 is 3.50. The predicted octanol–water partition coefficient (Wildman–Crippen LogP) is 4.52. The van der Waals surface area contributed by atoms with Gasteiger partial charge in [0.25, 0.3) is 0 Å². The van der Waals surface area contributed by atoms with Crippen LogP contribution in [0.5, 0.6) is 0 Å². The van der Waals surface area contributed by atoms with Gasteiger partial charge in [-0.2, -0.15) is 0 Å². The van der Waals surface area contributed by atoms with Gasteiger partial charge >= 0.3 is 11.9 Å². The van der Waals surface area contributed by atoms with Crippen molar-refractivity contribution in [3.8, 4) is 0 Å². The van der Waals surface area contributed by atoms with E-state index in [1.807, 2.05) is 18.2 Å². The van der Waals surface area contributed by atoms with E-state index in [1.54, 1.807) is 13.8 Å². The first-order valence-electron chi connectivity index (χ1n) is 8.90. The molecule has 1 unspecified atom stereocenters. The summed E-state index contributed by atoms with van der Waals surface area (Å²) in [6.07, 6.45) is -0.0970. The summed E-state index contributed by atoms with van der Waals surface area (Å²) in [7, 11) is 0. The summed E-state index contributed by atoms with van der Waals surface area (Å²) in [5, 5.41) is 0. The molecule has 1 aromatic carbocycles. The number of ketones is 1. The fraction of sp³-hybridized carbons (Fsp3) is 0.550. The molecule has 0 bridgehead atoms. The normalized spacial score (nSPS) is 11.9. The van der Waals surface area contributed by atoms with Gasteiger partial charge in [-0.05, 0) is 43.0 Å². The van der Waals surface area contributed by atoms with Gasteiger partial charge in [0.05, 0.1) is 19.6 Å². The molecule has 0 aromatic heterocycles. The van der Waals surface area contributed by atoms with Gasteiger partial charge in [0.1, 0.15) is 12.2 Å². The molecule has 0 saturated carbocycles. The maximum atomic E-state index is 12.3. The van der Waals surface area contributed by atoms with Crippen LogP contribution < -0.4 is 0 Å². The summed E-state index contributed by atoms with van der Waals surface area (Å²) in [5.41, 5.74) is 1.99. The van der Waals surface area contributed by atoms with Crippen molar-refractivity contribution in [3.05, 3.63) is 33.8 Å². The number of benzene rings is 1. The third-order valence-electron chi connectivity index (χ3n) is 3.92. The molecule has 0 N–H and O–H groups in total. The molecule has 5 nitrogen and oxygen atoms in total.